The van der Waals surface area contributed by atoms with Crippen LogP contribution in [0.25, 0.3) is 0 Å². The Bertz CT molecular complexity index is 401. The topological polar surface area (TPSA) is 49.9 Å². The van der Waals surface area contributed by atoms with Crippen molar-refractivity contribution in [2.45, 2.75) is 44.9 Å². The van der Waals surface area contributed by atoms with Crippen LogP contribution in [0.4, 0.5) is 0 Å². The van der Waals surface area contributed by atoms with Crippen molar-refractivity contribution >= 4 is 11.8 Å². The molecule has 1 saturated carbocycles. The second-order valence-electron chi connectivity index (χ2n) is 6.98. The Hall–Kier alpha value is -1.10. The highest BCUT2D eigenvalue weighted by Gasteiger charge is 2.34. The fraction of sp³-hybridized carbons (Fsp3) is 0.882. The molecule has 0 aromatic heterocycles. The van der Waals surface area contributed by atoms with Gasteiger partial charge in [0, 0.05) is 32.6 Å². The maximum atomic E-state index is 12.6. The standard InChI is InChI=1S/C17H28N2O3/c20-16-7-6-15(17(21)18-8-10-22-11-9-18)13-19(16)12-14-4-2-1-3-5-14/h14-15H,1-13H2. The molecule has 1 atom stereocenters. The number of hydrogen-bond donors (Lipinski definition) is 0. The van der Waals surface area contributed by atoms with E-state index in [4.69, 9.17) is 4.74 Å². The number of rotatable bonds is 3. The van der Waals surface area contributed by atoms with Crippen molar-refractivity contribution in [2.75, 3.05) is 39.4 Å². The van der Waals surface area contributed by atoms with Crippen LogP contribution in [0.1, 0.15) is 44.9 Å². The number of hydrogen-bond acceptors (Lipinski definition) is 3. The highest BCUT2D eigenvalue weighted by molar-refractivity contribution is 5.84. The zero-order valence-electron chi connectivity index (χ0n) is 13.5. The first-order chi connectivity index (χ1) is 10.7. The van der Waals surface area contributed by atoms with Gasteiger partial charge in [-0.3, -0.25) is 9.59 Å². The van der Waals surface area contributed by atoms with E-state index in [1.54, 1.807) is 0 Å². The highest BCUT2D eigenvalue weighted by atomic mass is 16.5. The maximum Gasteiger partial charge on any atom is 0.227 e. The minimum Gasteiger partial charge on any atom is -0.378 e. The van der Waals surface area contributed by atoms with Gasteiger partial charge in [0.2, 0.25) is 11.8 Å². The first-order valence-electron chi connectivity index (χ1n) is 8.88. The molecule has 0 aromatic carbocycles. The summed E-state index contributed by atoms with van der Waals surface area (Å²) >= 11 is 0. The summed E-state index contributed by atoms with van der Waals surface area (Å²) in [6.07, 6.45) is 7.66. The number of nitrogens with zero attached hydrogens (tertiary/aromatic N) is 2. The van der Waals surface area contributed by atoms with Gasteiger partial charge in [0.25, 0.3) is 0 Å². The van der Waals surface area contributed by atoms with Crippen molar-refractivity contribution in [3.05, 3.63) is 0 Å². The molecule has 0 bridgehead atoms. The van der Waals surface area contributed by atoms with E-state index in [-0.39, 0.29) is 17.7 Å². The lowest BCUT2D eigenvalue weighted by Crippen LogP contribution is -2.50. The minimum absolute atomic E-state index is 0.000564. The zero-order chi connectivity index (χ0) is 15.4. The smallest absolute Gasteiger partial charge is 0.227 e. The first-order valence-corrected chi connectivity index (χ1v) is 8.88. The quantitative estimate of drug-likeness (QED) is 0.797. The summed E-state index contributed by atoms with van der Waals surface area (Å²) in [6.45, 7) is 4.18. The molecule has 0 aromatic rings. The van der Waals surface area contributed by atoms with Gasteiger partial charge in [-0.1, -0.05) is 19.3 Å². The van der Waals surface area contributed by atoms with Crippen LogP contribution in [-0.4, -0.2) is 61.0 Å². The monoisotopic (exact) mass is 308 g/mol. The number of likely N-dealkylation sites (tertiary alicyclic amines) is 1. The Morgan fingerprint density at radius 3 is 2.55 bits per heavy atom. The van der Waals surface area contributed by atoms with Crippen LogP contribution in [0.5, 0.6) is 0 Å². The molecule has 3 rings (SSSR count). The summed E-state index contributed by atoms with van der Waals surface area (Å²) in [7, 11) is 0. The summed E-state index contributed by atoms with van der Waals surface area (Å²) in [5.41, 5.74) is 0. The predicted molar refractivity (Wildman–Crippen MR) is 83.3 cm³/mol. The third-order valence-electron chi connectivity index (χ3n) is 5.38. The van der Waals surface area contributed by atoms with E-state index in [2.05, 4.69) is 0 Å². The van der Waals surface area contributed by atoms with Gasteiger partial charge in [0.1, 0.15) is 0 Å². The molecule has 5 nitrogen and oxygen atoms in total. The molecule has 0 radical (unpaired) electrons. The fourth-order valence-electron chi connectivity index (χ4n) is 4.02. The van der Waals surface area contributed by atoms with Gasteiger partial charge in [0.15, 0.2) is 0 Å². The molecule has 2 aliphatic heterocycles. The lowest BCUT2D eigenvalue weighted by atomic mass is 9.87. The van der Waals surface area contributed by atoms with Crippen LogP contribution in [0.3, 0.4) is 0 Å². The van der Waals surface area contributed by atoms with E-state index >= 15 is 0 Å². The van der Waals surface area contributed by atoms with Crippen molar-refractivity contribution in [1.82, 2.24) is 9.80 Å². The second kappa shape index (κ2) is 7.44. The largest absolute Gasteiger partial charge is 0.378 e. The Labute approximate surface area is 133 Å². The molecule has 2 saturated heterocycles. The van der Waals surface area contributed by atoms with Gasteiger partial charge in [-0.2, -0.15) is 0 Å². The van der Waals surface area contributed by atoms with E-state index in [9.17, 15) is 9.59 Å². The maximum absolute atomic E-state index is 12.6. The van der Waals surface area contributed by atoms with Crippen molar-refractivity contribution < 1.29 is 14.3 Å². The Balaban J connectivity index is 1.55. The molecule has 3 fully saturated rings. The Morgan fingerprint density at radius 2 is 1.82 bits per heavy atom. The number of carbonyl (C=O) groups excluding carboxylic acids is 2. The molecule has 2 heterocycles. The van der Waals surface area contributed by atoms with Crippen molar-refractivity contribution in [3.8, 4) is 0 Å². The lowest BCUT2D eigenvalue weighted by Gasteiger charge is -2.38. The molecule has 1 aliphatic carbocycles. The SMILES string of the molecule is O=C1CCC(C(=O)N2CCOCC2)CN1CC1CCCCC1. The third kappa shape index (κ3) is 3.80. The molecule has 3 aliphatic rings. The number of morpholine rings is 1. The van der Waals surface area contributed by atoms with Gasteiger partial charge in [-0.15, -0.1) is 0 Å². The molecule has 1 unspecified atom stereocenters. The molecular weight excluding hydrogens is 280 g/mol. The van der Waals surface area contributed by atoms with Crippen molar-refractivity contribution in [1.29, 1.82) is 0 Å². The number of amides is 2. The average molecular weight is 308 g/mol. The van der Waals surface area contributed by atoms with Crippen molar-refractivity contribution in [2.24, 2.45) is 11.8 Å². The van der Waals surface area contributed by atoms with Gasteiger partial charge < -0.3 is 14.5 Å². The zero-order valence-corrected chi connectivity index (χ0v) is 13.5. The average Bonchev–Trinajstić information content (AvgIpc) is 2.58. The molecule has 0 N–H and O–H groups in total. The van der Waals surface area contributed by atoms with Crippen LogP contribution in [-0.2, 0) is 14.3 Å². The van der Waals surface area contributed by atoms with Gasteiger partial charge in [0.05, 0.1) is 19.1 Å². The van der Waals surface area contributed by atoms with Gasteiger partial charge in [-0.05, 0) is 25.2 Å². The van der Waals surface area contributed by atoms with E-state index in [0.717, 1.165) is 13.0 Å². The number of ether oxygens (including phenoxy) is 1. The van der Waals surface area contributed by atoms with E-state index in [0.29, 0.717) is 45.2 Å². The molecule has 5 heteroatoms. The van der Waals surface area contributed by atoms with E-state index < -0.39 is 0 Å². The molecular formula is C17H28N2O3. The predicted octanol–water partition coefficient (Wildman–Crippen LogP) is 1.66. The Kier molecular flexibility index (Phi) is 5.34. The fourth-order valence-corrected chi connectivity index (χ4v) is 4.02. The summed E-state index contributed by atoms with van der Waals surface area (Å²) in [5.74, 6) is 1.12. The van der Waals surface area contributed by atoms with Crippen LogP contribution >= 0.6 is 0 Å². The number of carbonyl (C=O) groups is 2. The summed E-state index contributed by atoms with van der Waals surface area (Å²) in [6, 6.07) is 0. The first kappa shape index (κ1) is 15.8. The van der Waals surface area contributed by atoms with Gasteiger partial charge >= 0.3 is 0 Å². The Morgan fingerprint density at radius 1 is 1.09 bits per heavy atom. The molecule has 2 amide bonds. The van der Waals surface area contributed by atoms with Crippen molar-refractivity contribution in [3.63, 3.8) is 0 Å². The second-order valence-corrected chi connectivity index (χ2v) is 6.98. The third-order valence-corrected chi connectivity index (χ3v) is 5.38. The minimum atomic E-state index is -0.000564. The molecule has 22 heavy (non-hydrogen) atoms. The van der Waals surface area contributed by atoms with E-state index in [1.165, 1.54) is 32.1 Å². The number of piperidine rings is 1. The van der Waals surface area contributed by atoms with Crippen LogP contribution < -0.4 is 0 Å². The van der Waals surface area contributed by atoms with Crippen LogP contribution in [0.2, 0.25) is 0 Å². The highest BCUT2D eigenvalue weighted by Crippen LogP contribution is 2.27. The summed E-state index contributed by atoms with van der Waals surface area (Å²) in [4.78, 5) is 28.7. The molecule has 0 spiro atoms. The van der Waals surface area contributed by atoms with E-state index in [1.807, 2.05) is 9.80 Å². The summed E-state index contributed by atoms with van der Waals surface area (Å²) in [5, 5.41) is 0. The normalized spacial score (nSPS) is 28.0. The van der Waals surface area contributed by atoms with Gasteiger partial charge in [-0.25, -0.2) is 0 Å². The summed E-state index contributed by atoms with van der Waals surface area (Å²) < 4.78 is 5.32. The lowest BCUT2D eigenvalue weighted by molar-refractivity contribution is -0.146. The molecule has 124 valence electrons. The van der Waals surface area contributed by atoms with Crippen LogP contribution in [0, 0.1) is 11.8 Å². The van der Waals surface area contributed by atoms with Crippen LogP contribution in [0.15, 0.2) is 0 Å².